The molecule has 3 rings (SSSR count). The first-order valence-corrected chi connectivity index (χ1v) is 9.21. The molecule has 0 spiro atoms. The van der Waals surface area contributed by atoms with E-state index in [-0.39, 0.29) is 12.4 Å². The lowest BCUT2D eigenvalue weighted by molar-refractivity contribution is 0.279. The molecule has 1 fully saturated rings. The first kappa shape index (κ1) is 18.5. The highest BCUT2D eigenvalue weighted by Gasteiger charge is 2.23. The lowest BCUT2D eigenvalue weighted by atomic mass is 9.86. The fraction of sp³-hybridized carbons (Fsp3) is 0.450. The minimum absolute atomic E-state index is 0.110. The average Bonchev–Trinajstić information content (AvgIpc) is 2.66. The molecule has 1 aliphatic rings. The minimum Gasteiger partial charge on any atom is -0.507 e. The van der Waals surface area contributed by atoms with Gasteiger partial charge in [0, 0.05) is 5.56 Å². The highest BCUT2D eigenvalue weighted by molar-refractivity contribution is 5.76. The average molecular weight is 357 g/mol. The van der Waals surface area contributed by atoms with E-state index in [1.54, 1.807) is 12.1 Å². The summed E-state index contributed by atoms with van der Waals surface area (Å²) in [5.74, 6) is 1.32. The lowest BCUT2D eigenvalue weighted by Crippen LogP contribution is -2.27. The zero-order chi connectivity index (χ0) is 18.5. The normalized spacial score (nSPS) is 15.2. The molecule has 0 unspecified atom stereocenters. The number of piperidine rings is 1. The number of nitrogen functional groups attached to an aromatic ring is 1. The first-order valence-electron chi connectivity index (χ1n) is 9.21. The predicted octanol–water partition coefficient (Wildman–Crippen LogP) is 2.78. The zero-order valence-electron chi connectivity index (χ0n) is 15.2. The van der Waals surface area contributed by atoms with Crippen molar-refractivity contribution in [2.24, 2.45) is 0 Å². The maximum atomic E-state index is 10.4. The smallest absolute Gasteiger partial charge is 0.132 e. The van der Waals surface area contributed by atoms with Crippen molar-refractivity contribution < 1.29 is 14.9 Å². The van der Waals surface area contributed by atoms with E-state index in [2.05, 4.69) is 10.3 Å². The maximum Gasteiger partial charge on any atom is 0.132 e. The number of rotatable bonds is 6. The molecule has 1 aliphatic heterocycles. The van der Waals surface area contributed by atoms with Crippen LogP contribution in [0.2, 0.25) is 0 Å². The number of ether oxygens (including phenoxy) is 1. The Kier molecular flexibility index (Phi) is 5.96. The molecule has 1 aromatic heterocycles. The fourth-order valence-corrected chi connectivity index (χ4v) is 3.52. The number of aromatic hydroxyl groups is 1. The van der Waals surface area contributed by atoms with Gasteiger partial charge in [0.15, 0.2) is 0 Å². The number of nitrogens with one attached hydrogen (secondary N) is 1. The lowest BCUT2D eigenvalue weighted by Gasteiger charge is -2.26. The number of phenols is 1. The van der Waals surface area contributed by atoms with Gasteiger partial charge in [-0.2, -0.15) is 0 Å². The summed E-state index contributed by atoms with van der Waals surface area (Å²) in [6, 6.07) is 7.15. The van der Waals surface area contributed by atoms with Crippen LogP contribution in [0.15, 0.2) is 24.3 Å². The molecule has 0 amide bonds. The Balaban J connectivity index is 2.10. The number of nitrogens with two attached hydrogens (primary N) is 1. The topological polar surface area (TPSA) is 101 Å². The van der Waals surface area contributed by atoms with Gasteiger partial charge in [-0.25, -0.2) is 4.98 Å². The van der Waals surface area contributed by atoms with E-state index in [0.29, 0.717) is 40.9 Å². The van der Waals surface area contributed by atoms with Crippen molar-refractivity contribution in [1.82, 2.24) is 10.3 Å². The zero-order valence-corrected chi connectivity index (χ0v) is 15.2. The summed E-state index contributed by atoms with van der Waals surface area (Å²) in [7, 11) is 0. The summed E-state index contributed by atoms with van der Waals surface area (Å²) >= 11 is 0. The molecule has 1 aromatic carbocycles. The number of anilines is 1. The summed E-state index contributed by atoms with van der Waals surface area (Å²) in [4.78, 5) is 4.46. The summed E-state index contributed by atoms with van der Waals surface area (Å²) in [5, 5.41) is 23.6. The SMILES string of the molecule is CCCOc1cccc(O)c1-c1cc(C2CCNCC2)c(CO)c(N)n1. The Hall–Kier alpha value is -2.31. The Morgan fingerprint density at radius 2 is 2.08 bits per heavy atom. The second kappa shape index (κ2) is 8.38. The Morgan fingerprint density at radius 3 is 2.77 bits per heavy atom. The van der Waals surface area contributed by atoms with Gasteiger partial charge in [0.1, 0.15) is 17.3 Å². The van der Waals surface area contributed by atoms with Gasteiger partial charge in [0.2, 0.25) is 0 Å². The molecular formula is C20H27N3O3. The van der Waals surface area contributed by atoms with Gasteiger partial charge in [-0.3, -0.25) is 0 Å². The molecule has 6 heteroatoms. The Labute approximate surface area is 154 Å². The molecule has 0 saturated carbocycles. The van der Waals surface area contributed by atoms with E-state index in [1.165, 1.54) is 0 Å². The van der Waals surface area contributed by atoms with E-state index in [1.807, 2.05) is 19.1 Å². The molecule has 2 heterocycles. The van der Waals surface area contributed by atoms with Crippen molar-refractivity contribution in [1.29, 1.82) is 0 Å². The third kappa shape index (κ3) is 3.76. The Morgan fingerprint density at radius 1 is 1.31 bits per heavy atom. The molecule has 5 N–H and O–H groups in total. The van der Waals surface area contributed by atoms with Crippen LogP contribution >= 0.6 is 0 Å². The number of aromatic nitrogens is 1. The van der Waals surface area contributed by atoms with Crippen LogP contribution in [-0.4, -0.2) is 34.9 Å². The van der Waals surface area contributed by atoms with Crippen LogP contribution in [0.25, 0.3) is 11.3 Å². The van der Waals surface area contributed by atoms with Gasteiger partial charge >= 0.3 is 0 Å². The van der Waals surface area contributed by atoms with Gasteiger partial charge in [0.25, 0.3) is 0 Å². The van der Waals surface area contributed by atoms with Crippen LogP contribution in [0.3, 0.4) is 0 Å². The molecule has 1 saturated heterocycles. The van der Waals surface area contributed by atoms with Crippen molar-refractivity contribution in [3.63, 3.8) is 0 Å². The van der Waals surface area contributed by atoms with E-state index in [9.17, 15) is 10.2 Å². The van der Waals surface area contributed by atoms with Crippen molar-refractivity contribution in [3.05, 3.63) is 35.4 Å². The second-order valence-corrected chi connectivity index (χ2v) is 6.64. The molecule has 0 radical (unpaired) electrons. The van der Waals surface area contributed by atoms with Crippen LogP contribution < -0.4 is 15.8 Å². The highest BCUT2D eigenvalue weighted by Crippen LogP contribution is 2.40. The standard InChI is InChI=1S/C20H27N3O3/c1-2-10-26-18-5-3-4-17(25)19(18)16-11-14(13-6-8-22-9-7-13)15(12-24)20(21)23-16/h3-5,11,13,22,24-25H,2,6-10,12H2,1H3,(H2,21,23). The quantitative estimate of drug-likeness (QED) is 0.634. The summed E-state index contributed by atoms with van der Waals surface area (Å²) in [6.07, 6.45) is 2.83. The van der Waals surface area contributed by atoms with Crippen LogP contribution in [0, 0.1) is 0 Å². The van der Waals surface area contributed by atoms with Crippen LogP contribution in [0.1, 0.15) is 43.2 Å². The Bertz CT molecular complexity index is 758. The van der Waals surface area contributed by atoms with Crippen LogP contribution in [0.4, 0.5) is 5.82 Å². The van der Waals surface area contributed by atoms with Crippen LogP contribution in [-0.2, 0) is 6.61 Å². The van der Waals surface area contributed by atoms with E-state index < -0.39 is 0 Å². The van der Waals surface area contributed by atoms with E-state index >= 15 is 0 Å². The third-order valence-corrected chi connectivity index (χ3v) is 4.85. The second-order valence-electron chi connectivity index (χ2n) is 6.64. The van der Waals surface area contributed by atoms with Gasteiger partial charge in [-0.05, 0) is 62.0 Å². The number of aliphatic hydroxyl groups is 1. The minimum atomic E-state index is -0.141. The van der Waals surface area contributed by atoms with Gasteiger partial charge in [-0.1, -0.05) is 13.0 Å². The van der Waals surface area contributed by atoms with Crippen molar-refractivity contribution in [2.45, 2.75) is 38.7 Å². The molecular weight excluding hydrogens is 330 g/mol. The predicted molar refractivity (Wildman–Crippen MR) is 102 cm³/mol. The molecule has 26 heavy (non-hydrogen) atoms. The van der Waals surface area contributed by atoms with Crippen molar-refractivity contribution in [2.75, 3.05) is 25.4 Å². The summed E-state index contributed by atoms with van der Waals surface area (Å²) in [6.45, 7) is 4.33. The summed E-state index contributed by atoms with van der Waals surface area (Å²) < 4.78 is 5.80. The van der Waals surface area contributed by atoms with Crippen LogP contribution in [0.5, 0.6) is 11.5 Å². The molecule has 0 aliphatic carbocycles. The molecule has 0 atom stereocenters. The number of nitrogens with zero attached hydrogens (tertiary/aromatic N) is 1. The number of benzene rings is 1. The first-order chi connectivity index (χ1) is 12.7. The van der Waals surface area contributed by atoms with Gasteiger partial charge in [-0.15, -0.1) is 0 Å². The largest absolute Gasteiger partial charge is 0.507 e. The number of hydrogen-bond donors (Lipinski definition) is 4. The number of hydrogen-bond acceptors (Lipinski definition) is 6. The monoisotopic (exact) mass is 357 g/mol. The molecule has 6 nitrogen and oxygen atoms in total. The number of pyridine rings is 1. The van der Waals surface area contributed by atoms with Crippen molar-refractivity contribution in [3.8, 4) is 22.8 Å². The summed E-state index contributed by atoms with van der Waals surface area (Å²) in [5.41, 5.74) is 9.00. The number of phenolic OH excluding ortho intramolecular Hbond substituents is 1. The third-order valence-electron chi connectivity index (χ3n) is 4.85. The fourth-order valence-electron chi connectivity index (χ4n) is 3.52. The van der Waals surface area contributed by atoms with E-state index in [0.717, 1.165) is 37.9 Å². The van der Waals surface area contributed by atoms with E-state index in [4.69, 9.17) is 10.5 Å². The highest BCUT2D eigenvalue weighted by atomic mass is 16.5. The molecule has 2 aromatic rings. The maximum absolute atomic E-state index is 10.4. The molecule has 140 valence electrons. The van der Waals surface area contributed by atoms with Crippen molar-refractivity contribution >= 4 is 5.82 Å². The molecule has 0 bridgehead atoms. The van der Waals surface area contributed by atoms with Gasteiger partial charge < -0.3 is 26.0 Å². The van der Waals surface area contributed by atoms with Gasteiger partial charge in [0.05, 0.1) is 24.5 Å². The number of aliphatic hydroxyl groups excluding tert-OH is 1.